The van der Waals surface area contributed by atoms with Crippen molar-refractivity contribution in [3.63, 3.8) is 0 Å². The Labute approximate surface area is 221 Å². The van der Waals surface area contributed by atoms with Gasteiger partial charge < -0.3 is 10.4 Å². The largest absolute Gasteiger partial charge is 0.481 e. The van der Waals surface area contributed by atoms with Gasteiger partial charge in [-0.2, -0.15) is 0 Å². The molecule has 0 fully saturated rings. The van der Waals surface area contributed by atoms with Gasteiger partial charge in [-0.15, -0.1) is 0 Å². The summed E-state index contributed by atoms with van der Waals surface area (Å²) in [5, 5.41) is 12.2. The number of unbranched alkanes of at least 4 members (excludes halogenated alkanes) is 25. The Hall–Kier alpha value is -0.570. The van der Waals surface area contributed by atoms with Crippen LogP contribution < -0.4 is 5.32 Å². The molecular formula is C32H65NO2. The average molecular weight is 496 g/mol. The third kappa shape index (κ3) is 33.4. The van der Waals surface area contributed by atoms with Crippen molar-refractivity contribution in [2.24, 2.45) is 0 Å². The Morgan fingerprint density at radius 2 is 0.686 bits per heavy atom. The van der Waals surface area contributed by atoms with Gasteiger partial charge in [0, 0.05) is 6.42 Å². The molecule has 3 nitrogen and oxygen atoms in total. The van der Waals surface area contributed by atoms with Crippen LogP contribution in [0.15, 0.2) is 0 Å². The summed E-state index contributed by atoms with van der Waals surface area (Å²) in [6, 6.07) is 0. The molecule has 0 unspecified atom stereocenters. The molecule has 0 saturated carbocycles. The molecule has 0 heterocycles. The van der Waals surface area contributed by atoms with E-state index in [2.05, 4.69) is 12.2 Å². The minimum atomic E-state index is -0.658. The molecule has 0 aromatic carbocycles. The molecule has 0 bridgehead atoms. The zero-order chi connectivity index (χ0) is 25.5. The maximum atomic E-state index is 10.4. The lowest BCUT2D eigenvalue weighted by Gasteiger charge is -2.06. The number of aliphatic carboxylic acids is 1. The first-order valence-electron chi connectivity index (χ1n) is 16.2. The van der Waals surface area contributed by atoms with Crippen LogP contribution in [0.5, 0.6) is 0 Å². The number of hydrogen-bond donors (Lipinski definition) is 2. The summed E-state index contributed by atoms with van der Waals surface area (Å²) in [7, 11) is 0. The zero-order valence-corrected chi connectivity index (χ0v) is 24.1. The number of rotatable bonds is 31. The Morgan fingerprint density at radius 3 is 0.971 bits per heavy atom. The highest BCUT2D eigenvalue weighted by atomic mass is 16.4. The van der Waals surface area contributed by atoms with Crippen LogP contribution in [0.3, 0.4) is 0 Å². The van der Waals surface area contributed by atoms with Crippen LogP contribution in [0, 0.1) is 0 Å². The molecular weight excluding hydrogens is 430 g/mol. The van der Waals surface area contributed by atoms with Crippen molar-refractivity contribution in [3.05, 3.63) is 0 Å². The predicted molar refractivity (Wildman–Crippen MR) is 155 cm³/mol. The highest BCUT2D eigenvalue weighted by Crippen LogP contribution is 2.15. The lowest BCUT2D eigenvalue weighted by molar-refractivity contribution is -0.137. The Bertz CT molecular complexity index is 399. The van der Waals surface area contributed by atoms with Crippen LogP contribution in [0.4, 0.5) is 0 Å². The molecule has 0 saturated heterocycles. The van der Waals surface area contributed by atoms with Gasteiger partial charge in [0.1, 0.15) is 0 Å². The quantitative estimate of drug-likeness (QED) is 0.0940. The molecule has 0 aliphatic rings. The molecule has 2 N–H and O–H groups in total. The highest BCUT2D eigenvalue weighted by Gasteiger charge is 1.98. The lowest BCUT2D eigenvalue weighted by Crippen LogP contribution is -2.16. The van der Waals surface area contributed by atoms with E-state index in [0.29, 0.717) is 6.42 Å². The van der Waals surface area contributed by atoms with Crippen molar-refractivity contribution < 1.29 is 9.90 Å². The van der Waals surface area contributed by atoms with E-state index < -0.39 is 5.97 Å². The summed E-state index contributed by atoms with van der Waals surface area (Å²) in [5.41, 5.74) is 0. The second kappa shape index (κ2) is 31.5. The van der Waals surface area contributed by atoms with Crippen LogP contribution in [-0.2, 0) is 4.79 Å². The van der Waals surface area contributed by atoms with Crippen molar-refractivity contribution in [2.75, 3.05) is 13.1 Å². The zero-order valence-electron chi connectivity index (χ0n) is 24.1. The lowest BCUT2D eigenvalue weighted by atomic mass is 10.0. The summed E-state index contributed by atoms with van der Waals surface area (Å²) in [4.78, 5) is 10.4. The fourth-order valence-electron chi connectivity index (χ4n) is 5.04. The van der Waals surface area contributed by atoms with Crippen molar-refractivity contribution in [3.8, 4) is 0 Å². The Kier molecular flexibility index (Phi) is 30.9. The van der Waals surface area contributed by atoms with Crippen LogP contribution in [0.1, 0.15) is 187 Å². The van der Waals surface area contributed by atoms with Crippen molar-refractivity contribution >= 4 is 5.97 Å². The monoisotopic (exact) mass is 496 g/mol. The number of carbonyl (C=O) groups is 1. The van der Waals surface area contributed by atoms with Crippen molar-refractivity contribution in [1.82, 2.24) is 5.32 Å². The normalized spacial score (nSPS) is 11.3. The summed E-state index contributed by atoms with van der Waals surface area (Å²) in [5.74, 6) is -0.658. The van der Waals surface area contributed by atoms with E-state index >= 15 is 0 Å². The maximum absolute atomic E-state index is 10.4. The van der Waals surface area contributed by atoms with Gasteiger partial charge in [0.15, 0.2) is 0 Å². The molecule has 3 heteroatoms. The Morgan fingerprint density at radius 1 is 0.429 bits per heavy atom. The van der Waals surface area contributed by atoms with Crippen LogP contribution in [0.2, 0.25) is 0 Å². The number of carboxylic acid groups (broad SMARTS) is 1. The van der Waals surface area contributed by atoms with Crippen molar-refractivity contribution in [1.29, 1.82) is 0 Å². The molecule has 0 aliphatic carbocycles. The first-order valence-corrected chi connectivity index (χ1v) is 16.2. The van der Waals surface area contributed by atoms with Crippen LogP contribution in [0.25, 0.3) is 0 Å². The SMILES string of the molecule is CCCCCCCCCCCCCCCCCCCCCCCNCCCCCCCCC(=O)O. The standard InChI is InChI=1S/C32H65NO2/c1-2-3-4-5-6-7-8-9-10-11-12-13-14-15-16-17-18-19-21-24-27-30-33-31-28-25-22-20-23-26-29-32(34)35/h33H,2-31H2,1H3,(H,34,35). The molecule has 35 heavy (non-hydrogen) atoms. The molecule has 0 aromatic heterocycles. The highest BCUT2D eigenvalue weighted by molar-refractivity contribution is 5.66. The first-order chi connectivity index (χ1) is 17.3. The summed E-state index contributed by atoms with van der Waals surface area (Å²) in [6.07, 6.45) is 37.6. The molecule has 0 atom stereocenters. The number of hydrogen-bond acceptors (Lipinski definition) is 2. The summed E-state index contributed by atoms with van der Waals surface area (Å²) >= 11 is 0. The molecule has 0 radical (unpaired) electrons. The fraction of sp³-hybridized carbons (Fsp3) is 0.969. The first kappa shape index (κ1) is 34.4. The van der Waals surface area contributed by atoms with Gasteiger partial charge in [-0.25, -0.2) is 0 Å². The molecule has 0 aliphatic heterocycles. The van der Waals surface area contributed by atoms with Gasteiger partial charge in [-0.05, 0) is 32.4 Å². The van der Waals surface area contributed by atoms with Gasteiger partial charge in [0.25, 0.3) is 0 Å². The maximum Gasteiger partial charge on any atom is 0.303 e. The van der Waals surface area contributed by atoms with Gasteiger partial charge in [0.2, 0.25) is 0 Å². The smallest absolute Gasteiger partial charge is 0.303 e. The third-order valence-electron chi connectivity index (χ3n) is 7.45. The topological polar surface area (TPSA) is 49.3 Å². The second-order valence-corrected chi connectivity index (χ2v) is 11.1. The predicted octanol–water partition coefficient (Wildman–Crippen LogP) is 10.6. The van der Waals surface area contributed by atoms with Crippen LogP contribution in [-0.4, -0.2) is 24.2 Å². The molecule has 210 valence electrons. The van der Waals surface area contributed by atoms with E-state index in [-0.39, 0.29) is 0 Å². The molecule has 0 rings (SSSR count). The van der Waals surface area contributed by atoms with E-state index in [9.17, 15) is 4.79 Å². The molecule has 0 spiro atoms. The average Bonchev–Trinajstić information content (AvgIpc) is 2.85. The van der Waals surface area contributed by atoms with E-state index in [1.54, 1.807) is 0 Å². The minimum Gasteiger partial charge on any atom is -0.481 e. The van der Waals surface area contributed by atoms with E-state index in [0.717, 1.165) is 19.4 Å². The van der Waals surface area contributed by atoms with Gasteiger partial charge in [0.05, 0.1) is 0 Å². The van der Waals surface area contributed by atoms with Gasteiger partial charge in [-0.1, -0.05) is 161 Å². The fourth-order valence-corrected chi connectivity index (χ4v) is 5.04. The summed E-state index contributed by atoms with van der Waals surface area (Å²) < 4.78 is 0. The van der Waals surface area contributed by atoms with Crippen molar-refractivity contribution in [2.45, 2.75) is 187 Å². The molecule has 0 amide bonds. The van der Waals surface area contributed by atoms with Gasteiger partial charge >= 0.3 is 5.97 Å². The number of nitrogens with one attached hydrogen (secondary N) is 1. The van der Waals surface area contributed by atoms with E-state index in [1.165, 1.54) is 167 Å². The van der Waals surface area contributed by atoms with Crippen LogP contribution >= 0.6 is 0 Å². The van der Waals surface area contributed by atoms with E-state index in [1.807, 2.05) is 0 Å². The minimum absolute atomic E-state index is 0.334. The van der Waals surface area contributed by atoms with E-state index in [4.69, 9.17) is 5.11 Å². The Balaban J connectivity index is 3.01. The number of carboxylic acids is 1. The van der Waals surface area contributed by atoms with Gasteiger partial charge in [-0.3, -0.25) is 4.79 Å². The third-order valence-corrected chi connectivity index (χ3v) is 7.45. The summed E-state index contributed by atoms with van der Waals surface area (Å²) in [6.45, 7) is 4.62. The molecule has 0 aromatic rings. The second-order valence-electron chi connectivity index (χ2n) is 11.1.